The van der Waals surface area contributed by atoms with E-state index in [0.29, 0.717) is 0 Å². The van der Waals surface area contributed by atoms with Gasteiger partial charge in [-0.2, -0.15) is 0 Å². The lowest BCUT2D eigenvalue weighted by Gasteiger charge is -2.29. The second-order valence-corrected chi connectivity index (χ2v) is 4.65. The maximum atomic E-state index is 11.6. The van der Waals surface area contributed by atoms with Gasteiger partial charge < -0.3 is 15.3 Å². The third-order valence-electron chi connectivity index (χ3n) is 2.06. The van der Waals surface area contributed by atoms with Crippen LogP contribution in [0.5, 0.6) is 0 Å². The molecule has 0 heterocycles. The van der Waals surface area contributed by atoms with E-state index >= 15 is 0 Å². The van der Waals surface area contributed by atoms with Crippen LogP contribution in [0.25, 0.3) is 0 Å². The number of carbonyl (C=O) groups excluding carboxylic acids is 1. The van der Waals surface area contributed by atoms with E-state index in [2.05, 4.69) is 11.2 Å². The Morgan fingerprint density at radius 3 is 2.31 bits per heavy atom. The van der Waals surface area contributed by atoms with Gasteiger partial charge >= 0.3 is 12.0 Å². The highest BCUT2D eigenvalue weighted by Gasteiger charge is 2.33. The van der Waals surface area contributed by atoms with E-state index in [9.17, 15) is 9.59 Å². The highest BCUT2D eigenvalue weighted by molar-refractivity contribution is 5.83. The van der Waals surface area contributed by atoms with Crippen LogP contribution in [0.4, 0.5) is 4.79 Å². The number of carboxylic acids is 1. The normalized spacial score (nSPS) is 12.4. The van der Waals surface area contributed by atoms with Crippen molar-refractivity contribution in [2.24, 2.45) is 5.41 Å². The molecule has 0 fully saturated rings. The molecule has 0 rings (SSSR count). The molecular weight excluding hydrogens is 208 g/mol. The molecule has 0 radical (unpaired) electrons. The van der Waals surface area contributed by atoms with Gasteiger partial charge in [0.15, 0.2) is 0 Å². The van der Waals surface area contributed by atoms with E-state index in [0.717, 1.165) is 0 Å². The molecule has 2 amide bonds. The Bertz CT molecular complexity index is 312. The van der Waals surface area contributed by atoms with Gasteiger partial charge in [-0.15, -0.1) is 6.42 Å². The quantitative estimate of drug-likeness (QED) is 0.698. The molecule has 0 aromatic rings. The van der Waals surface area contributed by atoms with Gasteiger partial charge in [-0.05, 0) is 5.41 Å². The van der Waals surface area contributed by atoms with Crippen molar-refractivity contribution < 1.29 is 14.7 Å². The molecule has 0 unspecified atom stereocenters. The fourth-order valence-electron chi connectivity index (χ4n) is 1.09. The number of terminal acetylenes is 1. The second kappa shape index (κ2) is 5.40. The summed E-state index contributed by atoms with van der Waals surface area (Å²) in [5, 5.41) is 11.4. The summed E-state index contributed by atoms with van der Waals surface area (Å²) >= 11 is 0. The molecule has 0 saturated heterocycles. The number of nitrogens with one attached hydrogen (secondary N) is 1. The molecule has 1 atom stereocenters. The van der Waals surface area contributed by atoms with Gasteiger partial charge in [0.25, 0.3) is 0 Å². The van der Waals surface area contributed by atoms with E-state index in [1.54, 1.807) is 20.8 Å². The second-order valence-electron chi connectivity index (χ2n) is 4.65. The molecule has 0 spiro atoms. The van der Waals surface area contributed by atoms with Crippen LogP contribution < -0.4 is 5.32 Å². The molecule has 0 aromatic heterocycles. The number of amides is 2. The van der Waals surface area contributed by atoms with E-state index in [-0.39, 0.29) is 6.54 Å². The number of hydrogen-bond acceptors (Lipinski definition) is 2. The Morgan fingerprint density at radius 1 is 1.50 bits per heavy atom. The minimum absolute atomic E-state index is 0.141. The van der Waals surface area contributed by atoms with Crippen LogP contribution in [-0.4, -0.2) is 41.6 Å². The molecule has 0 aliphatic heterocycles. The van der Waals surface area contributed by atoms with E-state index < -0.39 is 23.5 Å². The number of carbonyl (C=O) groups is 2. The van der Waals surface area contributed by atoms with Crippen molar-refractivity contribution in [1.82, 2.24) is 10.2 Å². The molecule has 0 aliphatic rings. The van der Waals surface area contributed by atoms with Gasteiger partial charge in [0.2, 0.25) is 0 Å². The first-order chi connectivity index (χ1) is 7.20. The molecule has 5 heteroatoms. The summed E-state index contributed by atoms with van der Waals surface area (Å²) in [6, 6.07) is -1.43. The molecule has 0 aromatic carbocycles. The maximum Gasteiger partial charge on any atom is 0.326 e. The van der Waals surface area contributed by atoms with Crippen LogP contribution in [0.2, 0.25) is 0 Å². The summed E-state index contributed by atoms with van der Waals surface area (Å²) in [5.41, 5.74) is -0.557. The smallest absolute Gasteiger partial charge is 0.326 e. The molecule has 5 nitrogen and oxygen atoms in total. The molecule has 2 N–H and O–H groups in total. The zero-order chi connectivity index (χ0) is 12.9. The average molecular weight is 226 g/mol. The zero-order valence-corrected chi connectivity index (χ0v) is 10.1. The van der Waals surface area contributed by atoms with Crippen molar-refractivity contribution in [3.8, 4) is 12.3 Å². The van der Waals surface area contributed by atoms with Gasteiger partial charge in [-0.25, -0.2) is 9.59 Å². The predicted octanol–water partition coefficient (Wildman–Crippen LogP) is 0.760. The topological polar surface area (TPSA) is 69.6 Å². The average Bonchev–Trinajstić information content (AvgIpc) is 2.11. The summed E-state index contributed by atoms with van der Waals surface area (Å²) in [5.74, 6) is 1.25. The Kier molecular flexibility index (Phi) is 4.83. The molecule has 0 saturated carbocycles. The van der Waals surface area contributed by atoms with Crippen LogP contribution in [0.1, 0.15) is 20.8 Å². The monoisotopic (exact) mass is 226 g/mol. The van der Waals surface area contributed by atoms with E-state index in [4.69, 9.17) is 11.5 Å². The van der Waals surface area contributed by atoms with Crippen LogP contribution in [0.3, 0.4) is 0 Å². The largest absolute Gasteiger partial charge is 0.480 e. The molecule has 90 valence electrons. The van der Waals surface area contributed by atoms with Gasteiger partial charge in [0, 0.05) is 7.05 Å². The van der Waals surface area contributed by atoms with Crippen LogP contribution in [0.15, 0.2) is 0 Å². The minimum Gasteiger partial charge on any atom is -0.480 e. The number of nitrogens with zero attached hydrogens (tertiary/aromatic N) is 1. The Hall–Kier alpha value is -1.70. The summed E-state index contributed by atoms with van der Waals surface area (Å²) in [6.45, 7) is 5.37. The van der Waals surface area contributed by atoms with Crippen molar-refractivity contribution in [2.45, 2.75) is 26.8 Å². The molecule has 16 heavy (non-hydrogen) atoms. The number of aliphatic carboxylic acids is 1. The van der Waals surface area contributed by atoms with Crippen molar-refractivity contribution in [3.05, 3.63) is 0 Å². The lowest BCUT2D eigenvalue weighted by atomic mass is 9.87. The summed E-state index contributed by atoms with van der Waals surface area (Å²) in [7, 11) is 1.51. The van der Waals surface area contributed by atoms with Crippen LogP contribution >= 0.6 is 0 Å². The number of urea groups is 1. The van der Waals surface area contributed by atoms with Gasteiger partial charge in [-0.3, -0.25) is 0 Å². The predicted molar refractivity (Wildman–Crippen MR) is 60.9 cm³/mol. The van der Waals surface area contributed by atoms with E-state index in [1.165, 1.54) is 11.9 Å². The first kappa shape index (κ1) is 14.3. The van der Waals surface area contributed by atoms with Gasteiger partial charge in [0.05, 0.1) is 6.54 Å². The lowest BCUT2D eigenvalue weighted by molar-refractivity contribution is -0.141. The summed E-state index contributed by atoms with van der Waals surface area (Å²) < 4.78 is 0. The van der Waals surface area contributed by atoms with Crippen LogP contribution in [0, 0.1) is 17.8 Å². The zero-order valence-electron chi connectivity index (χ0n) is 10.1. The number of carboxylic acid groups (broad SMARTS) is 1. The highest BCUT2D eigenvalue weighted by Crippen LogP contribution is 2.19. The van der Waals surface area contributed by atoms with Gasteiger partial charge in [-0.1, -0.05) is 26.7 Å². The standard InChI is InChI=1S/C11H18N2O3/c1-6-7-13(5)10(16)12-8(9(14)15)11(2,3)4/h1,8H,7H2,2-5H3,(H,12,16)(H,14,15)/t8-/m0/s1. The number of rotatable bonds is 3. The SMILES string of the molecule is C#CCN(C)C(=O)N[C@@H](C(=O)O)C(C)(C)C. The Balaban J connectivity index is 4.61. The van der Waals surface area contributed by atoms with Crippen molar-refractivity contribution in [1.29, 1.82) is 0 Å². The maximum absolute atomic E-state index is 11.6. The fraction of sp³-hybridized carbons (Fsp3) is 0.636. The van der Waals surface area contributed by atoms with Gasteiger partial charge in [0.1, 0.15) is 6.04 Å². The van der Waals surface area contributed by atoms with E-state index in [1.807, 2.05) is 0 Å². The molecular formula is C11H18N2O3. The molecule has 0 aliphatic carbocycles. The fourth-order valence-corrected chi connectivity index (χ4v) is 1.09. The summed E-state index contributed by atoms with van der Waals surface area (Å²) in [4.78, 5) is 23.8. The summed E-state index contributed by atoms with van der Waals surface area (Å²) in [6.07, 6.45) is 5.06. The van der Waals surface area contributed by atoms with Crippen molar-refractivity contribution in [3.63, 3.8) is 0 Å². The van der Waals surface area contributed by atoms with Crippen molar-refractivity contribution >= 4 is 12.0 Å². The Labute approximate surface area is 95.8 Å². The number of hydrogen-bond donors (Lipinski definition) is 2. The first-order valence-electron chi connectivity index (χ1n) is 4.88. The van der Waals surface area contributed by atoms with Crippen molar-refractivity contribution in [2.75, 3.05) is 13.6 Å². The van der Waals surface area contributed by atoms with Crippen LogP contribution in [-0.2, 0) is 4.79 Å². The Morgan fingerprint density at radius 2 is 2.00 bits per heavy atom. The third kappa shape index (κ3) is 4.22. The molecule has 0 bridgehead atoms. The minimum atomic E-state index is -1.06. The highest BCUT2D eigenvalue weighted by atomic mass is 16.4. The lowest BCUT2D eigenvalue weighted by Crippen LogP contribution is -2.52. The third-order valence-corrected chi connectivity index (χ3v) is 2.06. The first-order valence-corrected chi connectivity index (χ1v) is 4.88.